The number of carbonyl (C=O) groups is 1. The quantitative estimate of drug-likeness (QED) is 0.394. The van der Waals surface area contributed by atoms with E-state index >= 15 is 0 Å². The molecular weight excluding hydrogens is 479 g/mol. The summed E-state index contributed by atoms with van der Waals surface area (Å²) in [4.78, 5) is 27.4. The first-order valence-corrected chi connectivity index (χ1v) is 11.4. The van der Waals surface area contributed by atoms with Gasteiger partial charge in [0.2, 0.25) is 0 Å². The molecule has 0 aliphatic carbocycles. The van der Waals surface area contributed by atoms with Gasteiger partial charge in [-0.1, -0.05) is 32.4 Å². The number of amidine groups is 1. The number of hydrogen-bond acceptors (Lipinski definition) is 7. The second-order valence-corrected chi connectivity index (χ2v) is 9.16. The van der Waals surface area contributed by atoms with E-state index in [9.17, 15) is 36.5 Å². The van der Waals surface area contributed by atoms with Crippen LogP contribution in [0.5, 0.6) is 0 Å². The van der Waals surface area contributed by atoms with E-state index in [0.717, 1.165) is 6.07 Å². The molecule has 182 valence electrons. The van der Waals surface area contributed by atoms with Gasteiger partial charge in [0, 0.05) is 11.6 Å². The molecule has 0 aromatic heterocycles. The van der Waals surface area contributed by atoms with Gasteiger partial charge in [0.25, 0.3) is 21.6 Å². The van der Waals surface area contributed by atoms with Gasteiger partial charge in [0.05, 0.1) is 15.4 Å². The number of sulfonamides is 1. The van der Waals surface area contributed by atoms with Crippen LogP contribution in [0.2, 0.25) is 0 Å². The zero-order chi connectivity index (χ0) is 25.3. The van der Waals surface area contributed by atoms with Gasteiger partial charge in [-0.15, -0.1) is 0 Å². The number of aliphatic imine (C=N–C) groups is 1. The Morgan fingerprint density at radius 2 is 1.91 bits per heavy atom. The molecule has 1 heterocycles. The number of nitrogens with zero attached hydrogens (tertiary/aromatic N) is 2. The molecule has 0 radical (unpaired) electrons. The Morgan fingerprint density at radius 1 is 1.24 bits per heavy atom. The Labute approximate surface area is 192 Å². The molecule has 34 heavy (non-hydrogen) atoms. The molecule has 1 amide bonds. The summed E-state index contributed by atoms with van der Waals surface area (Å²) in [6.07, 6.45) is -4.31. The van der Waals surface area contributed by atoms with Crippen molar-refractivity contribution in [1.29, 1.82) is 0 Å². The number of amides is 1. The van der Waals surface area contributed by atoms with Crippen molar-refractivity contribution in [2.24, 2.45) is 10.9 Å². The number of anilines is 1. The van der Waals surface area contributed by atoms with Gasteiger partial charge in [-0.05, 0) is 30.2 Å². The highest BCUT2D eigenvalue weighted by atomic mass is 32.2. The van der Waals surface area contributed by atoms with Crippen LogP contribution in [0, 0.1) is 16.0 Å². The van der Waals surface area contributed by atoms with Crippen molar-refractivity contribution in [3.05, 3.63) is 63.7 Å². The maximum absolute atomic E-state index is 12.9. The van der Waals surface area contributed by atoms with Crippen molar-refractivity contribution in [2.75, 3.05) is 5.43 Å². The van der Waals surface area contributed by atoms with Gasteiger partial charge in [0.15, 0.2) is 0 Å². The van der Waals surface area contributed by atoms with Gasteiger partial charge >= 0.3 is 6.18 Å². The lowest BCUT2D eigenvalue weighted by atomic mass is 9.99. The molecule has 1 aliphatic heterocycles. The molecule has 0 unspecified atom stereocenters. The molecule has 0 saturated heterocycles. The first-order valence-electron chi connectivity index (χ1n) is 9.96. The van der Waals surface area contributed by atoms with E-state index < -0.39 is 44.3 Å². The van der Waals surface area contributed by atoms with Crippen LogP contribution in [0.3, 0.4) is 0 Å². The topological polar surface area (TPSA) is 143 Å². The minimum Gasteiger partial charge on any atom is -0.292 e. The standard InChI is InChI=1S/C20H20F3N5O5S/c1-3-11(2)17(24-18-13-6-4-5-7-16(13)34(32,33)27-18)19(29)26-25-14-9-8-12(20(21,22)23)10-15(14)28(30)31/h4-11,17,25H,3H2,1-2H3,(H,24,27)(H,26,29)/t11-,17-/m0/s1. The second kappa shape index (κ2) is 9.29. The average Bonchev–Trinajstić information content (AvgIpc) is 3.04. The van der Waals surface area contributed by atoms with Crippen LogP contribution >= 0.6 is 0 Å². The van der Waals surface area contributed by atoms with Gasteiger partial charge in [0.1, 0.15) is 17.6 Å². The lowest BCUT2D eigenvalue weighted by Crippen LogP contribution is -2.41. The number of carbonyl (C=O) groups excluding carboxylic acids is 1. The fourth-order valence-electron chi connectivity index (χ4n) is 3.20. The number of nitro groups is 1. The number of nitrogens with one attached hydrogen (secondary N) is 3. The third-order valence-electron chi connectivity index (χ3n) is 5.22. The SMILES string of the molecule is CC[C@H](C)[C@H](N=C1NS(=O)(=O)c2ccccc21)C(=O)NNc1ccc(C(F)(F)F)cc1[N+](=O)[O-]. The van der Waals surface area contributed by atoms with E-state index in [1.807, 2.05) is 0 Å². The predicted octanol–water partition coefficient (Wildman–Crippen LogP) is 3.21. The minimum atomic E-state index is -4.78. The highest BCUT2D eigenvalue weighted by molar-refractivity contribution is 7.90. The van der Waals surface area contributed by atoms with Gasteiger partial charge in [-0.2, -0.15) is 13.2 Å². The minimum absolute atomic E-state index is 0.00978. The maximum Gasteiger partial charge on any atom is 0.416 e. The summed E-state index contributed by atoms with van der Waals surface area (Å²) in [6, 6.07) is 6.78. The molecule has 14 heteroatoms. The highest BCUT2D eigenvalue weighted by Gasteiger charge is 2.34. The molecule has 10 nitrogen and oxygen atoms in total. The summed E-state index contributed by atoms with van der Waals surface area (Å²) in [6.45, 7) is 3.48. The number of fused-ring (bicyclic) bond motifs is 1. The summed E-state index contributed by atoms with van der Waals surface area (Å²) in [5.41, 5.74) is 2.32. The number of rotatable bonds is 7. The molecule has 2 atom stereocenters. The lowest BCUT2D eigenvalue weighted by Gasteiger charge is -2.20. The third-order valence-corrected chi connectivity index (χ3v) is 6.62. The van der Waals surface area contributed by atoms with Crippen molar-refractivity contribution < 1.29 is 31.3 Å². The van der Waals surface area contributed by atoms with E-state index in [-0.39, 0.29) is 27.9 Å². The fraction of sp³-hybridized carbons (Fsp3) is 0.300. The zero-order valence-electron chi connectivity index (χ0n) is 17.9. The normalized spacial score (nSPS) is 17.4. The van der Waals surface area contributed by atoms with E-state index in [0.29, 0.717) is 18.6 Å². The first-order chi connectivity index (χ1) is 15.8. The van der Waals surface area contributed by atoms with Gasteiger partial charge in [-0.25, -0.2) is 8.42 Å². The molecule has 1 aliphatic rings. The van der Waals surface area contributed by atoms with Gasteiger partial charge < -0.3 is 0 Å². The molecule has 3 N–H and O–H groups in total. The largest absolute Gasteiger partial charge is 0.416 e. The fourth-order valence-corrected chi connectivity index (χ4v) is 4.44. The summed E-state index contributed by atoms with van der Waals surface area (Å²) in [7, 11) is -3.84. The van der Waals surface area contributed by atoms with Crippen molar-refractivity contribution in [1.82, 2.24) is 10.1 Å². The number of halogens is 3. The number of hydrogen-bond donors (Lipinski definition) is 3. The summed E-state index contributed by atoms with van der Waals surface area (Å²) in [5, 5.41) is 11.2. The molecule has 0 bridgehead atoms. The number of benzene rings is 2. The van der Waals surface area contributed by atoms with Crippen LogP contribution in [-0.4, -0.2) is 31.1 Å². The van der Waals surface area contributed by atoms with E-state index in [2.05, 4.69) is 20.6 Å². The van der Waals surface area contributed by atoms with Crippen molar-refractivity contribution in [2.45, 2.75) is 37.4 Å². The molecule has 2 aromatic carbocycles. The molecular formula is C20H20F3N5O5S. The summed E-state index contributed by atoms with van der Waals surface area (Å²) >= 11 is 0. The summed E-state index contributed by atoms with van der Waals surface area (Å²) in [5.74, 6) is -1.18. The molecule has 0 saturated carbocycles. The van der Waals surface area contributed by atoms with E-state index in [4.69, 9.17) is 0 Å². The van der Waals surface area contributed by atoms with Crippen LogP contribution in [0.25, 0.3) is 0 Å². The number of alkyl halides is 3. The highest BCUT2D eigenvalue weighted by Crippen LogP contribution is 2.34. The zero-order valence-corrected chi connectivity index (χ0v) is 18.7. The Bertz CT molecular complexity index is 1260. The monoisotopic (exact) mass is 499 g/mol. The van der Waals surface area contributed by atoms with Crippen molar-refractivity contribution >= 4 is 33.1 Å². The molecule has 2 aromatic rings. The maximum atomic E-state index is 12.9. The summed E-state index contributed by atoms with van der Waals surface area (Å²) < 4.78 is 65.6. The molecule has 0 spiro atoms. The van der Waals surface area contributed by atoms with Crippen LogP contribution < -0.4 is 15.6 Å². The van der Waals surface area contributed by atoms with E-state index in [1.54, 1.807) is 26.0 Å². The Hall–Kier alpha value is -3.68. The second-order valence-electron chi connectivity index (χ2n) is 7.51. The molecule has 3 rings (SSSR count). The molecule has 0 fully saturated rings. The Balaban J connectivity index is 1.88. The van der Waals surface area contributed by atoms with Crippen LogP contribution in [0.1, 0.15) is 31.4 Å². The third kappa shape index (κ3) is 5.11. The number of hydrazine groups is 1. The van der Waals surface area contributed by atoms with Crippen LogP contribution in [0.4, 0.5) is 24.5 Å². The van der Waals surface area contributed by atoms with Crippen LogP contribution in [0.15, 0.2) is 52.4 Å². The van der Waals surface area contributed by atoms with Crippen molar-refractivity contribution in [3.63, 3.8) is 0 Å². The first kappa shape index (κ1) is 25.0. The Kier molecular flexibility index (Phi) is 6.82. The smallest absolute Gasteiger partial charge is 0.292 e. The Morgan fingerprint density at radius 3 is 2.53 bits per heavy atom. The van der Waals surface area contributed by atoms with Gasteiger partial charge in [-0.3, -0.25) is 35.5 Å². The number of nitro benzene ring substituents is 1. The van der Waals surface area contributed by atoms with Crippen LogP contribution in [-0.2, 0) is 21.0 Å². The lowest BCUT2D eigenvalue weighted by molar-refractivity contribution is -0.384. The van der Waals surface area contributed by atoms with E-state index in [1.165, 1.54) is 12.1 Å². The average molecular weight is 499 g/mol. The predicted molar refractivity (Wildman–Crippen MR) is 116 cm³/mol. The van der Waals surface area contributed by atoms with Crippen molar-refractivity contribution in [3.8, 4) is 0 Å².